The summed E-state index contributed by atoms with van der Waals surface area (Å²) in [5.74, 6) is 4.75. The molecule has 0 spiro atoms. The molecular weight excluding hydrogens is 655 g/mol. The van der Waals surface area contributed by atoms with Crippen LogP contribution in [0.15, 0.2) is 109 Å². The van der Waals surface area contributed by atoms with Crippen molar-refractivity contribution < 1.29 is 4.74 Å². The van der Waals surface area contributed by atoms with Gasteiger partial charge in [-0.2, -0.15) is 0 Å². The quantitative estimate of drug-likeness (QED) is 0.0838. The number of terminal acetylenes is 1. The van der Waals surface area contributed by atoms with Gasteiger partial charge in [0.1, 0.15) is 12.4 Å². The van der Waals surface area contributed by atoms with Gasteiger partial charge in [0.25, 0.3) is 0 Å². The van der Waals surface area contributed by atoms with Gasteiger partial charge < -0.3 is 9.64 Å². The van der Waals surface area contributed by atoms with Gasteiger partial charge in [0.2, 0.25) is 0 Å². The predicted molar refractivity (Wildman–Crippen MR) is 232 cm³/mol. The molecule has 280 valence electrons. The largest absolute Gasteiger partial charge is 0.481 e. The first-order valence-electron chi connectivity index (χ1n) is 20.7. The second kappa shape index (κ2) is 18.1. The van der Waals surface area contributed by atoms with E-state index in [0.29, 0.717) is 11.8 Å². The van der Waals surface area contributed by atoms with Crippen molar-refractivity contribution in [3.8, 4) is 40.3 Å². The average Bonchev–Trinajstić information content (AvgIpc) is 3.46. The summed E-state index contributed by atoms with van der Waals surface area (Å²) in [5, 5.41) is 0. The molecule has 5 aromatic carbocycles. The van der Waals surface area contributed by atoms with Crippen LogP contribution in [0.5, 0.6) is 5.75 Å². The number of rotatable bonds is 18. The fourth-order valence-electron chi connectivity index (χ4n) is 8.94. The SMILES string of the molecule is C#CCOc1ccc(N(c2ccc(C)cc2)c2ccc(-c3ccc4c(c3)C(CC(CC)CCCC)(CC(CC)CCCC)c3cc(C)ccc3-4)cc2)cc1. The Balaban J connectivity index is 1.42. The molecule has 0 bridgehead atoms. The highest BCUT2D eigenvalue weighted by atomic mass is 16.5. The van der Waals surface area contributed by atoms with E-state index < -0.39 is 0 Å². The lowest BCUT2D eigenvalue weighted by Crippen LogP contribution is -2.31. The Hall–Kier alpha value is -4.74. The van der Waals surface area contributed by atoms with Crippen LogP contribution >= 0.6 is 0 Å². The fourth-order valence-corrected chi connectivity index (χ4v) is 8.94. The van der Waals surface area contributed by atoms with Crippen LogP contribution < -0.4 is 9.64 Å². The van der Waals surface area contributed by atoms with Gasteiger partial charge >= 0.3 is 0 Å². The van der Waals surface area contributed by atoms with Crippen LogP contribution in [0.2, 0.25) is 0 Å². The van der Waals surface area contributed by atoms with E-state index in [1.807, 2.05) is 12.1 Å². The number of hydrogen-bond donors (Lipinski definition) is 0. The van der Waals surface area contributed by atoms with Gasteiger partial charge in [-0.25, -0.2) is 0 Å². The van der Waals surface area contributed by atoms with Crippen LogP contribution in [0.4, 0.5) is 17.1 Å². The molecule has 2 heteroatoms. The van der Waals surface area contributed by atoms with E-state index in [4.69, 9.17) is 11.2 Å². The third kappa shape index (κ3) is 8.47. The summed E-state index contributed by atoms with van der Waals surface area (Å²) < 4.78 is 5.69. The molecule has 6 rings (SSSR count). The highest BCUT2D eigenvalue weighted by Crippen LogP contribution is 2.57. The first-order chi connectivity index (χ1) is 26.3. The van der Waals surface area contributed by atoms with E-state index >= 15 is 0 Å². The van der Waals surface area contributed by atoms with Crippen molar-refractivity contribution in [3.05, 3.63) is 131 Å². The lowest BCUT2D eigenvalue weighted by molar-refractivity contribution is 0.266. The summed E-state index contributed by atoms with van der Waals surface area (Å²) in [5.41, 5.74) is 14.5. The summed E-state index contributed by atoms with van der Waals surface area (Å²) in [7, 11) is 0. The van der Waals surface area contributed by atoms with Crippen molar-refractivity contribution in [3.63, 3.8) is 0 Å². The molecule has 0 fully saturated rings. The number of nitrogens with zero attached hydrogens (tertiary/aromatic N) is 1. The molecule has 0 saturated heterocycles. The van der Waals surface area contributed by atoms with Crippen molar-refractivity contribution in [2.24, 2.45) is 11.8 Å². The van der Waals surface area contributed by atoms with Gasteiger partial charge in [0, 0.05) is 22.5 Å². The second-order valence-corrected chi connectivity index (χ2v) is 15.8. The Morgan fingerprint density at radius 3 is 1.61 bits per heavy atom. The standard InChI is InChI=1S/C52H61NO/c1-8-13-15-40(11-4)36-52(37-41(12-5)16-14-9-2)50-34-39(7)19-31-48(50)49-32-22-43(35-51(49)52)42-20-25-45(26-21-42)53(44-23-17-38(6)18-24-44)46-27-29-47(30-28-46)54-33-10-3/h3,17-32,34-35,40-41H,8-9,11-16,33,36-37H2,1-2,4-7H3. The highest BCUT2D eigenvalue weighted by Gasteiger charge is 2.45. The van der Waals surface area contributed by atoms with Crippen molar-refractivity contribution in [1.82, 2.24) is 0 Å². The molecule has 1 aliphatic rings. The van der Waals surface area contributed by atoms with Crippen LogP contribution in [-0.2, 0) is 5.41 Å². The van der Waals surface area contributed by atoms with E-state index in [-0.39, 0.29) is 12.0 Å². The maximum Gasteiger partial charge on any atom is 0.148 e. The van der Waals surface area contributed by atoms with Crippen LogP contribution in [0, 0.1) is 38.0 Å². The topological polar surface area (TPSA) is 12.5 Å². The monoisotopic (exact) mass is 715 g/mol. The molecule has 0 heterocycles. The van der Waals surface area contributed by atoms with Gasteiger partial charge in [-0.1, -0.05) is 151 Å². The number of fused-ring (bicyclic) bond motifs is 3. The Bertz CT molecular complexity index is 1980. The predicted octanol–water partition coefficient (Wildman–Crippen LogP) is 14.9. The molecule has 2 atom stereocenters. The van der Waals surface area contributed by atoms with Crippen LogP contribution in [0.25, 0.3) is 22.3 Å². The molecule has 54 heavy (non-hydrogen) atoms. The average molecular weight is 716 g/mol. The molecule has 2 nitrogen and oxygen atoms in total. The minimum Gasteiger partial charge on any atom is -0.481 e. The van der Waals surface area contributed by atoms with E-state index in [9.17, 15) is 0 Å². The zero-order chi connectivity index (χ0) is 38.1. The lowest BCUT2D eigenvalue weighted by Gasteiger charge is -2.39. The summed E-state index contributed by atoms with van der Waals surface area (Å²) in [6.45, 7) is 14.2. The minimum absolute atomic E-state index is 0.0216. The number of ether oxygens (including phenoxy) is 1. The maximum atomic E-state index is 5.69. The second-order valence-electron chi connectivity index (χ2n) is 15.8. The van der Waals surface area contributed by atoms with Crippen LogP contribution in [0.1, 0.15) is 114 Å². The first-order valence-corrected chi connectivity index (χ1v) is 20.7. The molecule has 1 aliphatic carbocycles. The number of hydrogen-bond acceptors (Lipinski definition) is 2. The molecule has 0 radical (unpaired) electrons. The lowest BCUT2D eigenvalue weighted by atomic mass is 9.65. The van der Waals surface area contributed by atoms with Gasteiger partial charge in [0.15, 0.2) is 0 Å². The number of benzene rings is 5. The number of unbranched alkanes of at least 4 members (excludes halogenated alkanes) is 2. The zero-order valence-electron chi connectivity index (χ0n) is 33.8. The molecular formula is C52H61NO. The summed E-state index contributed by atoms with van der Waals surface area (Å²) in [6, 6.07) is 40.8. The Kier molecular flexibility index (Phi) is 13.0. The van der Waals surface area contributed by atoms with E-state index in [0.717, 1.165) is 22.8 Å². The first kappa shape index (κ1) is 39.0. The highest BCUT2D eigenvalue weighted by molar-refractivity contribution is 5.85. The summed E-state index contributed by atoms with van der Waals surface area (Å²) >= 11 is 0. The third-order valence-corrected chi connectivity index (χ3v) is 12.0. The zero-order valence-corrected chi connectivity index (χ0v) is 33.8. The molecule has 0 N–H and O–H groups in total. The fraction of sp³-hybridized carbons (Fsp3) is 0.385. The Labute approximate surface area is 327 Å². The number of aryl methyl sites for hydroxylation is 2. The Morgan fingerprint density at radius 2 is 1.07 bits per heavy atom. The normalized spacial score (nSPS) is 15.6. The third-order valence-electron chi connectivity index (χ3n) is 12.0. The van der Waals surface area contributed by atoms with Crippen molar-refractivity contribution in [1.29, 1.82) is 0 Å². The van der Waals surface area contributed by atoms with E-state index in [1.54, 1.807) is 11.1 Å². The Morgan fingerprint density at radius 1 is 0.593 bits per heavy atom. The number of anilines is 3. The molecule has 2 unspecified atom stereocenters. The van der Waals surface area contributed by atoms with Crippen LogP contribution in [0.3, 0.4) is 0 Å². The molecule has 0 saturated carbocycles. The van der Waals surface area contributed by atoms with Crippen molar-refractivity contribution >= 4 is 17.1 Å². The molecule has 0 amide bonds. The molecule has 5 aromatic rings. The van der Waals surface area contributed by atoms with Gasteiger partial charge in [-0.05, 0) is 127 Å². The van der Waals surface area contributed by atoms with Gasteiger partial charge in [0.05, 0.1) is 0 Å². The van der Waals surface area contributed by atoms with E-state index in [1.165, 1.54) is 97.6 Å². The van der Waals surface area contributed by atoms with Crippen molar-refractivity contribution in [2.75, 3.05) is 11.5 Å². The molecule has 0 aliphatic heterocycles. The van der Waals surface area contributed by atoms with E-state index in [2.05, 4.69) is 149 Å². The maximum absolute atomic E-state index is 5.69. The van der Waals surface area contributed by atoms with Gasteiger partial charge in [-0.3, -0.25) is 0 Å². The summed E-state index contributed by atoms with van der Waals surface area (Å²) in [6.07, 6.45) is 18.2. The molecule has 0 aromatic heterocycles. The van der Waals surface area contributed by atoms with Crippen LogP contribution in [-0.4, -0.2) is 6.61 Å². The minimum atomic E-state index is 0.0216. The van der Waals surface area contributed by atoms with Crippen molar-refractivity contribution in [2.45, 2.75) is 111 Å². The van der Waals surface area contributed by atoms with Gasteiger partial charge in [-0.15, -0.1) is 6.42 Å². The summed E-state index contributed by atoms with van der Waals surface area (Å²) in [4.78, 5) is 2.31. The smallest absolute Gasteiger partial charge is 0.148 e.